The second-order valence-corrected chi connectivity index (χ2v) is 6.59. The molecular weight excluding hydrogens is 328 g/mol. The average molecular weight is 348 g/mol. The van der Waals surface area contributed by atoms with Crippen LogP contribution in [-0.4, -0.2) is 44.4 Å². The molecule has 3 aromatic heterocycles. The van der Waals surface area contributed by atoms with Crippen molar-refractivity contribution in [2.24, 2.45) is 13.0 Å². The lowest BCUT2D eigenvalue weighted by Crippen LogP contribution is -2.24. The molecule has 3 aromatic rings. The van der Waals surface area contributed by atoms with Gasteiger partial charge in [0.1, 0.15) is 23.5 Å². The predicted octanol–water partition coefficient (Wildman–Crippen LogP) is 1.88. The van der Waals surface area contributed by atoms with Gasteiger partial charge in [-0.15, -0.1) is 0 Å². The Hall–Kier alpha value is -3.21. The highest BCUT2D eigenvalue weighted by Gasteiger charge is 2.26. The van der Waals surface area contributed by atoms with E-state index in [0.29, 0.717) is 17.3 Å². The van der Waals surface area contributed by atoms with Crippen molar-refractivity contribution in [2.45, 2.75) is 13.3 Å². The molecular formula is C18H20N8. The number of aryl methyl sites for hydroxylation is 2. The summed E-state index contributed by atoms with van der Waals surface area (Å²) < 4.78 is 1.78. The highest BCUT2D eigenvalue weighted by Crippen LogP contribution is 2.28. The Labute approximate surface area is 151 Å². The van der Waals surface area contributed by atoms with Crippen LogP contribution in [0.2, 0.25) is 0 Å². The fourth-order valence-electron chi connectivity index (χ4n) is 3.42. The molecule has 1 aliphatic heterocycles. The van der Waals surface area contributed by atoms with E-state index < -0.39 is 0 Å². The number of fused-ring (bicyclic) bond motifs is 1. The van der Waals surface area contributed by atoms with Crippen LogP contribution in [0.5, 0.6) is 0 Å². The first kappa shape index (κ1) is 16.3. The Morgan fingerprint density at radius 3 is 3.12 bits per heavy atom. The molecule has 1 fully saturated rings. The number of hydrogen-bond donors (Lipinski definition) is 1. The summed E-state index contributed by atoms with van der Waals surface area (Å²) in [5.41, 5.74) is 1.44. The number of pyridine rings is 1. The number of rotatable bonds is 4. The Kier molecular flexibility index (Phi) is 4.13. The fourth-order valence-corrected chi connectivity index (χ4v) is 3.42. The number of nitrogens with one attached hydrogen (secondary N) is 1. The van der Waals surface area contributed by atoms with Crippen LogP contribution in [0.3, 0.4) is 0 Å². The number of hydrogen-bond acceptors (Lipinski definition) is 7. The van der Waals surface area contributed by atoms with E-state index in [4.69, 9.17) is 5.26 Å². The van der Waals surface area contributed by atoms with Crippen LogP contribution >= 0.6 is 0 Å². The second-order valence-electron chi connectivity index (χ2n) is 6.59. The summed E-state index contributed by atoms with van der Waals surface area (Å²) >= 11 is 0. The minimum atomic E-state index is 0.463. The van der Waals surface area contributed by atoms with Gasteiger partial charge in [-0.25, -0.2) is 15.0 Å². The maximum atomic E-state index is 9.17. The van der Waals surface area contributed by atoms with Gasteiger partial charge >= 0.3 is 0 Å². The number of nitrogens with zero attached hydrogens (tertiary/aromatic N) is 7. The maximum Gasteiger partial charge on any atom is 0.163 e. The van der Waals surface area contributed by atoms with Gasteiger partial charge in [0.2, 0.25) is 0 Å². The lowest BCUT2D eigenvalue weighted by molar-refractivity contribution is 0.621. The molecule has 0 bridgehead atoms. The Balaban J connectivity index is 1.48. The lowest BCUT2D eigenvalue weighted by Gasteiger charge is -2.19. The van der Waals surface area contributed by atoms with Crippen LogP contribution in [0, 0.1) is 24.2 Å². The summed E-state index contributed by atoms with van der Waals surface area (Å²) in [5.74, 6) is 2.83. The van der Waals surface area contributed by atoms with Gasteiger partial charge in [-0.3, -0.25) is 4.68 Å². The molecule has 1 saturated heterocycles. The van der Waals surface area contributed by atoms with Crippen LogP contribution in [0.15, 0.2) is 24.5 Å². The van der Waals surface area contributed by atoms with Gasteiger partial charge in [0.25, 0.3) is 0 Å². The summed E-state index contributed by atoms with van der Waals surface area (Å²) in [6.45, 7) is 4.54. The Morgan fingerprint density at radius 2 is 2.27 bits per heavy atom. The van der Waals surface area contributed by atoms with Crippen molar-refractivity contribution in [1.29, 1.82) is 5.26 Å². The molecule has 4 rings (SSSR count). The quantitative estimate of drug-likeness (QED) is 0.769. The number of anilines is 2. The van der Waals surface area contributed by atoms with E-state index in [1.54, 1.807) is 23.0 Å². The van der Waals surface area contributed by atoms with Crippen molar-refractivity contribution in [3.63, 3.8) is 0 Å². The van der Waals surface area contributed by atoms with Crippen molar-refractivity contribution >= 4 is 22.7 Å². The zero-order chi connectivity index (χ0) is 18.1. The van der Waals surface area contributed by atoms with Crippen molar-refractivity contribution < 1.29 is 0 Å². The molecule has 26 heavy (non-hydrogen) atoms. The van der Waals surface area contributed by atoms with E-state index in [2.05, 4.69) is 36.3 Å². The molecule has 132 valence electrons. The summed E-state index contributed by atoms with van der Waals surface area (Å²) in [7, 11) is 1.90. The summed E-state index contributed by atoms with van der Waals surface area (Å²) in [6, 6.07) is 5.72. The van der Waals surface area contributed by atoms with E-state index in [-0.39, 0.29) is 0 Å². The average Bonchev–Trinajstić information content (AvgIpc) is 3.27. The lowest BCUT2D eigenvalue weighted by atomic mass is 10.1. The van der Waals surface area contributed by atoms with Crippen LogP contribution in [0.1, 0.15) is 17.8 Å². The summed E-state index contributed by atoms with van der Waals surface area (Å²) in [4.78, 5) is 15.7. The normalized spacial score (nSPS) is 16.8. The van der Waals surface area contributed by atoms with Crippen molar-refractivity contribution in [3.8, 4) is 6.07 Å². The maximum absolute atomic E-state index is 9.17. The molecule has 4 heterocycles. The first-order valence-corrected chi connectivity index (χ1v) is 8.66. The highest BCUT2D eigenvalue weighted by molar-refractivity contribution is 5.87. The highest BCUT2D eigenvalue weighted by atomic mass is 15.3. The molecule has 8 heteroatoms. The zero-order valence-corrected chi connectivity index (χ0v) is 14.8. The van der Waals surface area contributed by atoms with E-state index in [1.165, 1.54) is 0 Å². The van der Waals surface area contributed by atoms with Crippen molar-refractivity contribution in [2.75, 3.05) is 29.9 Å². The third-order valence-corrected chi connectivity index (χ3v) is 4.76. The van der Waals surface area contributed by atoms with Crippen molar-refractivity contribution in [1.82, 2.24) is 24.7 Å². The Morgan fingerprint density at radius 1 is 1.38 bits per heavy atom. The molecule has 1 atom stereocenters. The molecule has 0 radical (unpaired) electrons. The molecule has 0 amide bonds. The summed E-state index contributed by atoms with van der Waals surface area (Å²) in [6.07, 6.45) is 4.60. The minimum Gasteiger partial charge on any atom is -0.369 e. The number of nitriles is 1. The zero-order valence-electron chi connectivity index (χ0n) is 14.8. The first-order chi connectivity index (χ1) is 12.7. The molecule has 1 aliphatic rings. The third-order valence-electron chi connectivity index (χ3n) is 4.76. The summed E-state index contributed by atoms with van der Waals surface area (Å²) in [5, 5.41) is 17.8. The van der Waals surface area contributed by atoms with Crippen molar-refractivity contribution in [3.05, 3.63) is 35.9 Å². The van der Waals surface area contributed by atoms with E-state index in [0.717, 1.165) is 48.7 Å². The van der Waals surface area contributed by atoms with Gasteiger partial charge in [0, 0.05) is 32.9 Å². The van der Waals surface area contributed by atoms with Gasteiger partial charge in [-0.05, 0) is 31.4 Å². The van der Waals surface area contributed by atoms with Crippen LogP contribution < -0.4 is 10.2 Å². The fraction of sp³-hybridized carbons (Fsp3) is 0.389. The van der Waals surface area contributed by atoms with E-state index >= 15 is 0 Å². The Bertz CT molecular complexity index is 987. The van der Waals surface area contributed by atoms with Gasteiger partial charge in [-0.2, -0.15) is 10.4 Å². The third kappa shape index (κ3) is 2.92. The van der Waals surface area contributed by atoms with Crippen LogP contribution in [-0.2, 0) is 7.05 Å². The second kappa shape index (κ2) is 6.59. The largest absolute Gasteiger partial charge is 0.369 e. The molecule has 8 nitrogen and oxygen atoms in total. The predicted molar refractivity (Wildman–Crippen MR) is 98.8 cm³/mol. The van der Waals surface area contributed by atoms with E-state index in [9.17, 15) is 0 Å². The smallest absolute Gasteiger partial charge is 0.163 e. The van der Waals surface area contributed by atoms with Gasteiger partial charge < -0.3 is 10.2 Å². The van der Waals surface area contributed by atoms with Crippen LogP contribution in [0.4, 0.5) is 11.6 Å². The van der Waals surface area contributed by atoms with Gasteiger partial charge in [0.05, 0.1) is 17.1 Å². The molecule has 1 N–H and O–H groups in total. The minimum absolute atomic E-state index is 0.463. The monoisotopic (exact) mass is 348 g/mol. The standard InChI is InChI=1S/C18H20N8/c1-12-23-17-15(10-22-25(17)2)18(24-12)26-7-5-13(11-26)9-21-16-14(8-19)4-3-6-20-16/h3-4,6,10,13H,5,7,9,11H2,1-2H3,(H,20,21)/t13-/m1/s1. The molecule has 0 aliphatic carbocycles. The number of aromatic nitrogens is 5. The SMILES string of the molecule is Cc1nc(N2CC[C@H](CNc3ncccc3C#N)C2)c2cnn(C)c2n1. The van der Waals surface area contributed by atoms with Gasteiger partial charge in [0.15, 0.2) is 5.65 Å². The van der Waals surface area contributed by atoms with E-state index in [1.807, 2.05) is 20.2 Å². The molecule has 0 aromatic carbocycles. The van der Waals surface area contributed by atoms with Gasteiger partial charge in [-0.1, -0.05) is 0 Å². The first-order valence-electron chi connectivity index (χ1n) is 8.66. The topological polar surface area (TPSA) is 95.5 Å². The molecule has 0 spiro atoms. The molecule has 0 saturated carbocycles. The van der Waals surface area contributed by atoms with Crippen LogP contribution in [0.25, 0.3) is 11.0 Å². The molecule has 0 unspecified atom stereocenters.